The highest BCUT2D eigenvalue weighted by Gasteiger charge is 2.47. The van der Waals surface area contributed by atoms with Crippen LogP contribution < -0.4 is 20.4 Å². The van der Waals surface area contributed by atoms with Crippen molar-refractivity contribution in [1.29, 1.82) is 0 Å². The predicted octanol–water partition coefficient (Wildman–Crippen LogP) is 4.34. The molecule has 5 aromatic rings. The number of anilines is 3. The summed E-state index contributed by atoms with van der Waals surface area (Å²) in [6, 6.07) is 12.1. The molecule has 17 heteroatoms. The molecule has 4 aromatic heterocycles. The molecule has 0 saturated carbocycles. The number of hydrogen-bond acceptors (Lipinski definition) is 13. The number of rotatable bonds is 8. The van der Waals surface area contributed by atoms with Crippen molar-refractivity contribution in [3.05, 3.63) is 77.4 Å². The minimum atomic E-state index is -0.965. The predicted molar refractivity (Wildman–Crippen MR) is 217 cm³/mol. The Labute approximate surface area is 337 Å². The molecule has 0 bridgehead atoms. The van der Waals surface area contributed by atoms with E-state index < -0.39 is 23.8 Å². The summed E-state index contributed by atoms with van der Waals surface area (Å²) in [7, 11) is 1.89. The third-order valence-corrected chi connectivity index (χ3v) is 13.5. The van der Waals surface area contributed by atoms with Crippen LogP contribution in [0.15, 0.2) is 54.9 Å². The van der Waals surface area contributed by atoms with Crippen LogP contribution in [0.25, 0.3) is 32.3 Å². The molecule has 294 valence electrons. The van der Waals surface area contributed by atoms with E-state index in [0.717, 1.165) is 114 Å². The molecule has 10 rings (SSSR count). The lowest BCUT2D eigenvalue weighted by Crippen LogP contribution is -2.60. The van der Waals surface area contributed by atoms with Gasteiger partial charge in [0.05, 0.1) is 46.4 Å². The summed E-state index contributed by atoms with van der Waals surface area (Å²) in [5, 5.41) is 20.9. The molecule has 4 fully saturated rings. The van der Waals surface area contributed by atoms with E-state index in [9.17, 15) is 19.2 Å². The number of nitrogens with one attached hydrogen (secondary N) is 2. The van der Waals surface area contributed by atoms with E-state index in [0.29, 0.717) is 28.1 Å². The third kappa shape index (κ3) is 6.14. The van der Waals surface area contributed by atoms with Crippen LogP contribution in [0.3, 0.4) is 0 Å². The van der Waals surface area contributed by atoms with E-state index in [1.165, 1.54) is 0 Å². The van der Waals surface area contributed by atoms with Gasteiger partial charge in [-0.05, 0) is 87.2 Å². The molecule has 1 unspecified atom stereocenters. The van der Waals surface area contributed by atoms with Gasteiger partial charge in [-0.1, -0.05) is 11.3 Å². The van der Waals surface area contributed by atoms with Crippen molar-refractivity contribution in [3.8, 4) is 22.0 Å². The first-order chi connectivity index (χ1) is 28.2. The Kier molecular flexibility index (Phi) is 8.71. The zero-order chi connectivity index (χ0) is 39.7. The number of carbonyl (C=O) groups is 4. The summed E-state index contributed by atoms with van der Waals surface area (Å²) < 4.78 is 1.79. The fourth-order valence-electron chi connectivity index (χ4n) is 9.33. The zero-order valence-electron chi connectivity index (χ0n) is 31.8. The number of aromatic nitrogens is 5. The second kappa shape index (κ2) is 14.0. The van der Waals surface area contributed by atoms with Crippen molar-refractivity contribution in [1.82, 2.24) is 39.9 Å². The van der Waals surface area contributed by atoms with Crippen LogP contribution in [0, 0.1) is 17.9 Å². The number of piperidine rings is 2. The number of fused-ring (bicyclic) bond motifs is 2. The number of imide groups is 2. The molecule has 0 aliphatic carbocycles. The van der Waals surface area contributed by atoms with Crippen molar-refractivity contribution in [2.75, 3.05) is 68.0 Å². The van der Waals surface area contributed by atoms with Crippen LogP contribution in [0.1, 0.15) is 52.8 Å². The highest BCUT2D eigenvalue weighted by atomic mass is 32.1. The SMILES string of the molecule is [C-]#[N+]c1cnn2c(-c3cc(NC)c(-c4nnc(N5CC6(CCN(C[C@@H]7CCN(c8ccc9c(c8)C(=O)N(C8CCC(=O)NC8=O)C9=O)C7)CC6)C5)s4)cn3)ccc2c1. The standard InChI is InChI=1S/C41H40N12O4S/c1-42-25-15-27-4-6-33(53(27)45-18-25)32-17-31(43-2)30(19-44-32)37-47-48-40(58-37)51-22-41(23-51)10-13-49(14-11-41)20-24-9-12-50(21-24)26-3-5-28-29(16-26)39(57)52(38(28)56)34-7-8-35(54)46-36(34)55/h3-6,15-19,24,34H,7-14,20-23H2,2H3,(H,43,44)(H,46,54,55)/t24-,34?/m0/s1. The Morgan fingerprint density at radius 3 is 2.55 bits per heavy atom. The number of carbonyl (C=O) groups excluding carboxylic acids is 4. The summed E-state index contributed by atoms with van der Waals surface area (Å²) in [5.41, 5.74) is 6.57. The Morgan fingerprint density at radius 1 is 0.931 bits per heavy atom. The van der Waals surface area contributed by atoms with E-state index in [2.05, 4.69) is 45.5 Å². The smallest absolute Gasteiger partial charge is 0.262 e. The molecule has 58 heavy (non-hydrogen) atoms. The zero-order valence-corrected chi connectivity index (χ0v) is 32.7. The Hall–Kier alpha value is -6.25. The van der Waals surface area contributed by atoms with E-state index in [-0.39, 0.29) is 18.7 Å². The van der Waals surface area contributed by atoms with Crippen LogP contribution >= 0.6 is 11.3 Å². The van der Waals surface area contributed by atoms with Gasteiger partial charge >= 0.3 is 0 Å². The van der Waals surface area contributed by atoms with Crippen LogP contribution in [0.4, 0.5) is 22.2 Å². The fourth-order valence-corrected chi connectivity index (χ4v) is 10.2. The Balaban J connectivity index is 0.724. The van der Waals surface area contributed by atoms with Gasteiger partial charge in [0, 0.05) is 69.2 Å². The minimum Gasteiger partial charge on any atom is -0.387 e. The van der Waals surface area contributed by atoms with E-state index >= 15 is 0 Å². The molecule has 0 radical (unpaired) electrons. The summed E-state index contributed by atoms with van der Waals surface area (Å²) in [5.74, 6) is -1.43. The molecule has 1 spiro atoms. The molecule has 4 amide bonds. The van der Waals surface area contributed by atoms with Crippen molar-refractivity contribution in [2.24, 2.45) is 11.3 Å². The lowest BCUT2D eigenvalue weighted by Gasteiger charge is -2.54. The number of likely N-dealkylation sites (tertiary alicyclic amines) is 1. The van der Waals surface area contributed by atoms with Crippen LogP contribution in [0.5, 0.6) is 0 Å². The Bertz CT molecular complexity index is 2560. The van der Waals surface area contributed by atoms with Gasteiger partial charge < -0.3 is 20.0 Å². The maximum absolute atomic E-state index is 13.4. The number of benzene rings is 1. The van der Waals surface area contributed by atoms with Crippen molar-refractivity contribution < 1.29 is 19.2 Å². The molecule has 4 saturated heterocycles. The lowest BCUT2D eigenvalue weighted by atomic mass is 9.72. The van der Waals surface area contributed by atoms with Crippen molar-refractivity contribution >= 4 is 62.7 Å². The third-order valence-electron chi connectivity index (χ3n) is 12.5. The average Bonchev–Trinajstić information content (AvgIpc) is 4.04. The summed E-state index contributed by atoms with van der Waals surface area (Å²) in [6.07, 6.45) is 6.99. The maximum Gasteiger partial charge on any atom is 0.262 e. The van der Waals surface area contributed by atoms with Crippen molar-refractivity contribution in [2.45, 2.75) is 38.1 Å². The largest absolute Gasteiger partial charge is 0.387 e. The van der Waals surface area contributed by atoms with E-state index in [4.69, 9.17) is 11.6 Å². The van der Waals surface area contributed by atoms with Gasteiger partial charge in [0.1, 0.15) is 6.04 Å². The lowest BCUT2D eigenvalue weighted by molar-refractivity contribution is -0.136. The normalized spacial score (nSPS) is 21.8. The van der Waals surface area contributed by atoms with Gasteiger partial charge in [0.15, 0.2) is 5.01 Å². The van der Waals surface area contributed by atoms with Gasteiger partial charge in [-0.15, -0.1) is 10.2 Å². The fraction of sp³-hybridized carbons (Fsp3) is 0.390. The van der Waals surface area contributed by atoms with Gasteiger partial charge in [0.25, 0.3) is 11.8 Å². The molecular formula is C41H40N12O4S. The quantitative estimate of drug-likeness (QED) is 0.169. The first-order valence-electron chi connectivity index (χ1n) is 19.6. The molecule has 5 aliphatic heterocycles. The Morgan fingerprint density at radius 2 is 1.76 bits per heavy atom. The highest BCUT2D eigenvalue weighted by Crippen LogP contribution is 2.45. The number of pyridine rings is 1. The second-order valence-corrected chi connectivity index (χ2v) is 17.0. The van der Waals surface area contributed by atoms with E-state index in [1.54, 1.807) is 34.2 Å². The van der Waals surface area contributed by atoms with Gasteiger partial charge in [-0.2, -0.15) is 5.10 Å². The second-order valence-electron chi connectivity index (χ2n) is 16.1. The molecule has 2 atom stereocenters. The average molecular weight is 797 g/mol. The van der Waals surface area contributed by atoms with Crippen LogP contribution in [-0.2, 0) is 9.59 Å². The first kappa shape index (κ1) is 36.1. The number of hydrogen-bond donors (Lipinski definition) is 2. The van der Waals surface area contributed by atoms with Crippen LogP contribution in [0.2, 0.25) is 0 Å². The van der Waals surface area contributed by atoms with Crippen LogP contribution in [-0.4, -0.2) is 117 Å². The number of nitrogens with zero attached hydrogens (tertiary/aromatic N) is 10. The summed E-state index contributed by atoms with van der Waals surface area (Å²) in [6.45, 7) is 14.1. The highest BCUT2D eigenvalue weighted by molar-refractivity contribution is 7.18. The molecule has 5 aliphatic rings. The topological polar surface area (TPSA) is 166 Å². The van der Waals surface area contributed by atoms with E-state index in [1.807, 2.05) is 43.6 Å². The van der Waals surface area contributed by atoms with Gasteiger partial charge in [-0.25, -0.2) is 9.36 Å². The first-order valence-corrected chi connectivity index (χ1v) is 20.5. The molecule has 16 nitrogen and oxygen atoms in total. The molecule has 1 aromatic carbocycles. The summed E-state index contributed by atoms with van der Waals surface area (Å²) >= 11 is 1.59. The summed E-state index contributed by atoms with van der Waals surface area (Å²) in [4.78, 5) is 67.2. The van der Waals surface area contributed by atoms with Gasteiger partial charge in [0.2, 0.25) is 22.6 Å². The minimum absolute atomic E-state index is 0.0982. The van der Waals surface area contributed by atoms with Gasteiger partial charge in [-0.3, -0.25) is 34.4 Å². The maximum atomic E-state index is 13.4. The molecular weight excluding hydrogens is 757 g/mol. The van der Waals surface area contributed by atoms with Crippen molar-refractivity contribution in [3.63, 3.8) is 0 Å². The molecule has 2 N–H and O–H groups in total. The monoisotopic (exact) mass is 796 g/mol. The number of amides is 4. The molecule has 9 heterocycles.